The number of amides is 1. The summed E-state index contributed by atoms with van der Waals surface area (Å²) < 4.78 is 5.69. The Morgan fingerprint density at radius 2 is 2.14 bits per heavy atom. The molecule has 1 heterocycles. The van der Waals surface area contributed by atoms with Gasteiger partial charge in [0.25, 0.3) is 0 Å². The highest BCUT2D eigenvalue weighted by atomic mass is 35.5. The van der Waals surface area contributed by atoms with Gasteiger partial charge >= 0.3 is 0 Å². The van der Waals surface area contributed by atoms with Crippen LogP contribution in [0.3, 0.4) is 0 Å². The molecule has 7 heteroatoms. The van der Waals surface area contributed by atoms with E-state index in [0.717, 1.165) is 12.8 Å². The molecule has 0 saturated carbocycles. The second-order valence-electron chi connectivity index (χ2n) is 4.96. The van der Waals surface area contributed by atoms with Crippen LogP contribution in [0.5, 0.6) is 0 Å². The van der Waals surface area contributed by atoms with Gasteiger partial charge in [-0.1, -0.05) is 23.7 Å². The molecule has 2 rings (SSSR count). The molecule has 0 radical (unpaired) electrons. The third kappa shape index (κ3) is 4.29. The van der Waals surface area contributed by atoms with Crippen molar-refractivity contribution in [1.29, 1.82) is 0 Å². The fourth-order valence-corrected chi connectivity index (χ4v) is 2.33. The second kappa shape index (κ2) is 7.91. The molecule has 0 saturated heterocycles. The van der Waals surface area contributed by atoms with Gasteiger partial charge < -0.3 is 15.5 Å². The fraction of sp³-hybridized carbons (Fsp3) is 0.400. The number of rotatable bonds is 7. The van der Waals surface area contributed by atoms with E-state index >= 15 is 0 Å². The highest BCUT2D eigenvalue weighted by Crippen LogP contribution is 2.28. The Labute approximate surface area is 134 Å². The molecule has 1 amide bonds. The van der Waals surface area contributed by atoms with Gasteiger partial charge in [-0.2, -0.15) is 0 Å². The van der Waals surface area contributed by atoms with E-state index < -0.39 is 0 Å². The van der Waals surface area contributed by atoms with Crippen molar-refractivity contribution in [3.05, 3.63) is 35.2 Å². The first-order chi connectivity index (χ1) is 10.6. The molecule has 6 nitrogen and oxygen atoms in total. The van der Waals surface area contributed by atoms with Crippen LogP contribution in [0.1, 0.15) is 38.1 Å². The van der Waals surface area contributed by atoms with Crippen molar-refractivity contribution in [3.63, 3.8) is 0 Å². The molecule has 1 unspecified atom stereocenters. The van der Waals surface area contributed by atoms with Crippen molar-refractivity contribution >= 4 is 17.5 Å². The zero-order chi connectivity index (χ0) is 15.9. The van der Waals surface area contributed by atoms with Crippen molar-refractivity contribution in [2.75, 3.05) is 6.54 Å². The van der Waals surface area contributed by atoms with Crippen LogP contribution >= 0.6 is 11.6 Å². The topological polar surface area (TPSA) is 94.0 Å². The molecule has 0 bridgehead atoms. The standard InChI is InChI=1S/C15H19ClN4O2/c1-10(21)18-13(8-4-5-9-17)15-20-19-14(22-15)11-6-2-3-7-12(11)16/h2-3,6-7,13H,4-5,8-9,17H2,1H3,(H,18,21). The first-order valence-electron chi connectivity index (χ1n) is 7.17. The van der Waals surface area contributed by atoms with E-state index in [1.807, 2.05) is 18.2 Å². The summed E-state index contributed by atoms with van der Waals surface area (Å²) in [5.74, 6) is 0.576. The summed E-state index contributed by atoms with van der Waals surface area (Å²) in [6, 6.07) is 6.93. The number of aromatic nitrogens is 2. The molecular weight excluding hydrogens is 304 g/mol. The third-order valence-electron chi connectivity index (χ3n) is 3.17. The maximum Gasteiger partial charge on any atom is 0.249 e. The van der Waals surface area contributed by atoms with Gasteiger partial charge in [-0.3, -0.25) is 4.79 Å². The molecule has 3 N–H and O–H groups in total. The van der Waals surface area contributed by atoms with Gasteiger partial charge in [-0.15, -0.1) is 10.2 Å². The van der Waals surface area contributed by atoms with Gasteiger partial charge in [0.05, 0.1) is 10.6 Å². The summed E-state index contributed by atoms with van der Waals surface area (Å²) >= 11 is 6.12. The Bertz CT molecular complexity index is 630. The summed E-state index contributed by atoms with van der Waals surface area (Å²) in [5, 5.41) is 11.4. The summed E-state index contributed by atoms with van der Waals surface area (Å²) in [6.45, 7) is 2.07. The normalized spacial score (nSPS) is 12.1. The zero-order valence-electron chi connectivity index (χ0n) is 12.4. The molecule has 0 fully saturated rings. The molecule has 0 aliphatic rings. The van der Waals surface area contributed by atoms with Crippen LogP contribution < -0.4 is 11.1 Å². The number of nitrogens with one attached hydrogen (secondary N) is 1. The Morgan fingerprint density at radius 1 is 1.36 bits per heavy atom. The molecule has 0 spiro atoms. The van der Waals surface area contributed by atoms with Crippen molar-refractivity contribution < 1.29 is 9.21 Å². The number of unbranched alkanes of at least 4 members (excludes halogenated alkanes) is 1. The number of hydrogen-bond acceptors (Lipinski definition) is 5. The van der Waals surface area contributed by atoms with E-state index in [1.165, 1.54) is 6.92 Å². The Morgan fingerprint density at radius 3 is 2.82 bits per heavy atom. The molecule has 22 heavy (non-hydrogen) atoms. The molecule has 1 aromatic carbocycles. The number of halogens is 1. The summed E-state index contributed by atoms with van der Waals surface area (Å²) in [5.41, 5.74) is 6.17. The first-order valence-corrected chi connectivity index (χ1v) is 7.55. The van der Waals surface area contributed by atoms with Crippen molar-refractivity contribution in [2.45, 2.75) is 32.2 Å². The van der Waals surface area contributed by atoms with E-state index in [1.54, 1.807) is 6.07 Å². The minimum Gasteiger partial charge on any atom is -0.418 e. The fourth-order valence-electron chi connectivity index (χ4n) is 2.11. The lowest BCUT2D eigenvalue weighted by atomic mass is 10.1. The number of carbonyl (C=O) groups is 1. The number of nitrogens with two attached hydrogens (primary N) is 1. The highest BCUT2D eigenvalue weighted by Gasteiger charge is 2.20. The van der Waals surface area contributed by atoms with Crippen LogP contribution in [0.25, 0.3) is 11.5 Å². The maximum atomic E-state index is 11.3. The van der Waals surface area contributed by atoms with Gasteiger partial charge in [0.2, 0.25) is 17.7 Å². The smallest absolute Gasteiger partial charge is 0.249 e. The Hall–Kier alpha value is -1.92. The van der Waals surface area contributed by atoms with E-state index in [9.17, 15) is 4.79 Å². The average molecular weight is 323 g/mol. The highest BCUT2D eigenvalue weighted by molar-refractivity contribution is 6.33. The lowest BCUT2D eigenvalue weighted by Gasteiger charge is -2.13. The molecule has 118 valence electrons. The zero-order valence-corrected chi connectivity index (χ0v) is 13.1. The lowest BCUT2D eigenvalue weighted by Crippen LogP contribution is -2.26. The van der Waals surface area contributed by atoms with Crippen molar-refractivity contribution in [1.82, 2.24) is 15.5 Å². The second-order valence-corrected chi connectivity index (χ2v) is 5.37. The number of benzene rings is 1. The van der Waals surface area contributed by atoms with Crippen LogP contribution in [0.15, 0.2) is 28.7 Å². The van der Waals surface area contributed by atoms with Crippen LogP contribution in [0.2, 0.25) is 5.02 Å². The van der Waals surface area contributed by atoms with Gasteiger partial charge in [0.1, 0.15) is 6.04 Å². The monoisotopic (exact) mass is 322 g/mol. The van der Waals surface area contributed by atoms with Gasteiger partial charge in [0, 0.05) is 6.92 Å². The minimum atomic E-state index is -0.312. The third-order valence-corrected chi connectivity index (χ3v) is 3.50. The molecule has 2 aromatic rings. The van der Waals surface area contributed by atoms with Gasteiger partial charge in [0.15, 0.2) is 0 Å². The van der Waals surface area contributed by atoms with E-state index in [-0.39, 0.29) is 11.9 Å². The average Bonchev–Trinajstić information content (AvgIpc) is 2.96. The largest absolute Gasteiger partial charge is 0.418 e. The van der Waals surface area contributed by atoms with E-state index in [2.05, 4.69) is 15.5 Å². The predicted octanol–water partition coefficient (Wildman–Crippen LogP) is 2.70. The summed E-state index contributed by atoms with van der Waals surface area (Å²) in [6.07, 6.45) is 2.44. The van der Waals surface area contributed by atoms with Gasteiger partial charge in [-0.25, -0.2) is 0 Å². The number of carbonyl (C=O) groups excluding carboxylic acids is 1. The van der Waals surface area contributed by atoms with Crippen molar-refractivity contribution in [3.8, 4) is 11.5 Å². The summed E-state index contributed by atoms with van der Waals surface area (Å²) in [7, 11) is 0. The van der Waals surface area contributed by atoms with Crippen LogP contribution in [0.4, 0.5) is 0 Å². The van der Waals surface area contributed by atoms with Crippen LogP contribution in [-0.4, -0.2) is 22.6 Å². The predicted molar refractivity (Wildman–Crippen MR) is 84.2 cm³/mol. The Kier molecular flexibility index (Phi) is 5.91. The number of nitrogens with zero attached hydrogens (tertiary/aromatic N) is 2. The molecular formula is C15H19ClN4O2. The molecule has 1 aromatic heterocycles. The summed E-state index contributed by atoms with van der Waals surface area (Å²) in [4.78, 5) is 11.3. The van der Waals surface area contributed by atoms with Crippen LogP contribution in [-0.2, 0) is 4.79 Å². The quantitative estimate of drug-likeness (QED) is 0.764. The molecule has 0 aliphatic carbocycles. The maximum absolute atomic E-state index is 11.3. The molecule has 0 aliphatic heterocycles. The van der Waals surface area contributed by atoms with E-state index in [0.29, 0.717) is 35.3 Å². The van der Waals surface area contributed by atoms with Gasteiger partial charge in [-0.05, 0) is 37.9 Å². The number of hydrogen-bond donors (Lipinski definition) is 2. The van der Waals surface area contributed by atoms with Crippen LogP contribution in [0, 0.1) is 0 Å². The first kappa shape index (κ1) is 16.5. The SMILES string of the molecule is CC(=O)NC(CCCCN)c1nnc(-c2ccccc2Cl)o1. The lowest BCUT2D eigenvalue weighted by molar-refractivity contribution is -0.119. The van der Waals surface area contributed by atoms with Crippen molar-refractivity contribution in [2.24, 2.45) is 5.73 Å². The molecule has 1 atom stereocenters. The Balaban J connectivity index is 2.18. The minimum absolute atomic E-state index is 0.143. The van der Waals surface area contributed by atoms with E-state index in [4.69, 9.17) is 21.8 Å².